The summed E-state index contributed by atoms with van der Waals surface area (Å²) < 4.78 is 5.76. The van der Waals surface area contributed by atoms with E-state index in [0.29, 0.717) is 33.9 Å². The van der Waals surface area contributed by atoms with E-state index in [-0.39, 0.29) is 47.2 Å². The highest BCUT2D eigenvalue weighted by Gasteiger charge is 2.30. The number of para-hydroxylation sites is 1. The predicted molar refractivity (Wildman–Crippen MR) is 161 cm³/mol. The van der Waals surface area contributed by atoms with Crippen molar-refractivity contribution in [1.82, 2.24) is 30.4 Å². The Balaban J connectivity index is 1.38. The van der Waals surface area contributed by atoms with Gasteiger partial charge in [-0.2, -0.15) is 5.26 Å². The average molecular weight is 592 g/mol. The van der Waals surface area contributed by atoms with Crippen molar-refractivity contribution >= 4 is 34.9 Å². The molecule has 0 bridgehead atoms. The van der Waals surface area contributed by atoms with E-state index in [1.54, 1.807) is 61.8 Å². The molecule has 3 amide bonds. The number of hydrogen-bond acceptors (Lipinski definition) is 10. The summed E-state index contributed by atoms with van der Waals surface area (Å²) in [5.41, 5.74) is 3.35. The van der Waals surface area contributed by atoms with E-state index >= 15 is 0 Å². The number of aromatic nitrogens is 4. The maximum absolute atomic E-state index is 13.0. The summed E-state index contributed by atoms with van der Waals surface area (Å²) in [7, 11) is 4.64. The Hall–Kier alpha value is -5.90. The van der Waals surface area contributed by atoms with Crippen LogP contribution in [-0.2, 0) is 11.3 Å². The minimum atomic E-state index is -0.460. The lowest BCUT2D eigenvalue weighted by Gasteiger charge is -2.18. The first kappa shape index (κ1) is 29.6. The number of amides is 3. The van der Waals surface area contributed by atoms with E-state index in [1.165, 1.54) is 19.1 Å². The quantitative estimate of drug-likeness (QED) is 0.247. The maximum atomic E-state index is 13.0. The third-order valence-corrected chi connectivity index (χ3v) is 6.88. The zero-order valence-corrected chi connectivity index (χ0v) is 24.3. The van der Waals surface area contributed by atoms with Gasteiger partial charge >= 0.3 is 0 Å². The molecule has 0 unspecified atom stereocenters. The number of benzene rings is 1. The Morgan fingerprint density at radius 2 is 1.86 bits per heavy atom. The van der Waals surface area contributed by atoms with Gasteiger partial charge in [0.2, 0.25) is 5.91 Å². The first-order chi connectivity index (χ1) is 21.3. The van der Waals surface area contributed by atoms with Crippen LogP contribution < -0.4 is 20.7 Å². The largest absolute Gasteiger partial charge is 0.494 e. The van der Waals surface area contributed by atoms with Crippen LogP contribution in [0.1, 0.15) is 45.2 Å². The number of methoxy groups -OCH3 is 1. The van der Waals surface area contributed by atoms with Crippen LogP contribution in [0.3, 0.4) is 0 Å². The van der Waals surface area contributed by atoms with Gasteiger partial charge in [0.25, 0.3) is 11.8 Å². The monoisotopic (exact) mass is 591 g/mol. The number of pyridine rings is 2. The molecule has 1 aromatic carbocycles. The summed E-state index contributed by atoms with van der Waals surface area (Å²) in [4.78, 5) is 48.0. The van der Waals surface area contributed by atoms with Crippen molar-refractivity contribution in [1.29, 1.82) is 5.26 Å². The van der Waals surface area contributed by atoms with Gasteiger partial charge < -0.3 is 25.6 Å². The molecule has 0 radical (unpaired) electrons. The minimum Gasteiger partial charge on any atom is -0.494 e. The van der Waals surface area contributed by atoms with Crippen molar-refractivity contribution in [2.45, 2.75) is 19.4 Å². The topological polar surface area (TPSA) is 175 Å². The normalized spacial score (nSPS) is 12.0. The van der Waals surface area contributed by atoms with Crippen LogP contribution in [0.5, 0.6) is 5.75 Å². The molecule has 13 nitrogen and oxygen atoms in total. The number of anilines is 3. The van der Waals surface area contributed by atoms with E-state index in [0.717, 1.165) is 12.8 Å². The molecule has 4 aromatic rings. The van der Waals surface area contributed by atoms with Crippen molar-refractivity contribution in [2.24, 2.45) is 5.92 Å². The molecular formula is C31H29N9O4. The van der Waals surface area contributed by atoms with Gasteiger partial charge in [-0.25, -0.2) is 4.98 Å². The lowest BCUT2D eigenvalue weighted by Crippen LogP contribution is -2.27. The molecule has 3 aromatic heterocycles. The summed E-state index contributed by atoms with van der Waals surface area (Å²) in [5, 5.41) is 25.6. The van der Waals surface area contributed by atoms with Gasteiger partial charge in [0.05, 0.1) is 30.7 Å². The van der Waals surface area contributed by atoms with Crippen LogP contribution >= 0.6 is 0 Å². The second-order valence-electron chi connectivity index (χ2n) is 10.1. The van der Waals surface area contributed by atoms with Gasteiger partial charge in [0.1, 0.15) is 23.2 Å². The molecule has 1 fully saturated rings. The Kier molecular flexibility index (Phi) is 8.71. The first-order valence-corrected chi connectivity index (χ1v) is 13.7. The Morgan fingerprint density at radius 3 is 2.55 bits per heavy atom. The van der Waals surface area contributed by atoms with Crippen molar-refractivity contribution in [3.8, 4) is 22.9 Å². The second kappa shape index (κ2) is 13.0. The third kappa shape index (κ3) is 6.60. The maximum Gasteiger partial charge on any atom is 0.273 e. The zero-order valence-electron chi connectivity index (χ0n) is 24.3. The number of nitrogens with zero attached hydrogens (tertiary/aromatic N) is 6. The highest BCUT2D eigenvalue weighted by atomic mass is 16.5. The third-order valence-electron chi connectivity index (χ3n) is 6.88. The highest BCUT2D eigenvalue weighted by molar-refractivity contribution is 6.00. The number of rotatable bonds is 10. The van der Waals surface area contributed by atoms with Gasteiger partial charge in [0.15, 0.2) is 11.5 Å². The molecule has 5 rings (SSSR count). The molecule has 1 saturated carbocycles. The Morgan fingerprint density at radius 1 is 1.07 bits per heavy atom. The van der Waals surface area contributed by atoms with E-state index in [9.17, 15) is 14.4 Å². The lowest BCUT2D eigenvalue weighted by atomic mass is 10.0. The summed E-state index contributed by atoms with van der Waals surface area (Å²) in [5.74, 6) is -0.258. The standard InChI is InChI=1S/C31H29N9O4/c1-33-30(42)27-25(14-26(38-39-27)37-29(41)18-10-11-18)36-23-9-5-8-22(28(23)44-3)19-12-13-24(34-16-19)31(43)40(2)17-21-7-4-6-20(15-32)35-21/h4-9,12-14,16,18H,10-11,17H2,1-3H3,(H,33,42)(H2,36,37,38,41). The van der Waals surface area contributed by atoms with Gasteiger partial charge in [-0.05, 0) is 37.1 Å². The van der Waals surface area contributed by atoms with Crippen LogP contribution in [-0.4, -0.2) is 64.0 Å². The fraction of sp³-hybridized carbons (Fsp3) is 0.226. The average Bonchev–Trinajstić information content (AvgIpc) is 3.90. The second-order valence-corrected chi connectivity index (χ2v) is 10.1. The smallest absolute Gasteiger partial charge is 0.273 e. The predicted octanol–water partition coefficient (Wildman–Crippen LogP) is 3.54. The number of carbonyl (C=O) groups is 3. The fourth-order valence-corrected chi connectivity index (χ4v) is 4.46. The van der Waals surface area contributed by atoms with Crippen LogP contribution in [0.15, 0.2) is 60.8 Å². The summed E-state index contributed by atoms with van der Waals surface area (Å²) in [6.07, 6.45) is 3.24. The molecule has 0 spiro atoms. The molecule has 0 saturated heterocycles. The lowest BCUT2D eigenvalue weighted by molar-refractivity contribution is -0.117. The van der Waals surface area contributed by atoms with E-state index in [4.69, 9.17) is 10.00 Å². The van der Waals surface area contributed by atoms with Crippen molar-refractivity contribution in [2.75, 3.05) is 31.8 Å². The van der Waals surface area contributed by atoms with Crippen molar-refractivity contribution in [3.63, 3.8) is 0 Å². The van der Waals surface area contributed by atoms with Gasteiger partial charge in [0, 0.05) is 43.4 Å². The SMILES string of the molecule is CNC(=O)c1nnc(NC(=O)C2CC2)cc1Nc1cccc(-c2ccc(C(=O)N(C)Cc3cccc(C#N)n3)nc2)c1OC. The van der Waals surface area contributed by atoms with Crippen LogP contribution in [0.25, 0.3) is 11.1 Å². The van der Waals surface area contributed by atoms with E-state index in [1.807, 2.05) is 12.1 Å². The first-order valence-electron chi connectivity index (χ1n) is 13.7. The van der Waals surface area contributed by atoms with Gasteiger partial charge in [-0.1, -0.05) is 24.3 Å². The molecular weight excluding hydrogens is 562 g/mol. The molecule has 1 aliphatic carbocycles. The number of hydrogen-bond donors (Lipinski definition) is 3. The number of ether oxygens (including phenoxy) is 1. The molecule has 1 aliphatic rings. The number of carbonyl (C=O) groups excluding carboxylic acids is 3. The zero-order chi connectivity index (χ0) is 31.2. The van der Waals surface area contributed by atoms with Gasteiger partial charge in [-0.3, -0.25) is 19.4 Å². The Bertz CT molecular complexity index is 1770. The molecule has 13 heteroatoms. The van der Waals surface area contributed by atoms with Crippen LogP contribution in [0.4, 0.5) is 17.2 Å². The summed E-state index contributed by atoms with van der Waals surface area (Å²) in [6.45, 7) is 0.215. The van der Waals surface area contributed by atoms with E-state index in [2.05, 4.69) is 36.1 Å². The van der Waals surface area contributed by atoms with Crippen LogP contribution in [0.2, 0.25) is 0 Å². The molecule has 3 heterocycles. The van der Waals surface area contributed by atoms with Gasteiger partial charge in [-0.15, -0.1) is 10.2 Å². The van der Waals surface area contributed by atoms with E-state index < -0.39 is 5.91 Å². The molecule has 0 atom stereocenters. The number of nitrogens with one attached hydrogen (secondary N) is 3. The Labute approximate surface area is 253 Å². The molecule has 0 aliphatic heterocycles. The molecule has 222 valence electrons. The molecule has 44 heavy (non-hydrogen) atoms. The van der Waals surface area contributed by atoms with Crippen molar-refractivity contribution in [3.05, 3.63) is 83.6 Å². The van der Waals surface area contributed by atoms with Crippen molar-refractivity contribution < 1.29 is 19.1 Å². The van der Waals surface area contributed by atoms with Crippen LogP contribution in [0, 0.1) is 17.2 Å². The highest BCUT2D eigenvalue weighted by Crippen LogP contribution is 2.38. The minimum absolute atomic E-state index is 0.0298. The summed E-state index contributed by atoms with van der Waals surface area (Å²) in [6, 6.07) is 17.4. The fourth-order valence-electron chi connectivity index (χ4n) is 4.46. The molecule has 3 N–H and O–H groups in total. The summed E-state index contributed by atoms with van der Waals surface area (Å²) >= 11 is 0. The number of nitriles is 1.